The Labute approximate surface area is 127 Å². The number of carbonyl (C=O) groups is 1. The third-order valence-electron chi connectivity index (χ3n) is 3.11. The number of carbonyl (C=O) groups excluding carboxylic acids is 1. The molecule has 2 amide bonds. The van der Waals surface area contributed by atoms with E-state index in [0.717, 1.165) is 13.0 Å². The van der Waals surface area contributed by atoms with Crippen molar-refractivity contribution in [2.45, 2.75) is 19.9 Å². The van der Waals surface area contributed by atoms with E-state index in [9.17, 15) is 14.9 Å². The lowest BCUT2D eigenvalue weighted by atomic mass is 10.2. The molecule has 0 radical (unpaired) electrons. The van der Waals surface area contributed by atoms with Crippen LogP contribution < -0.4 is 10.6 Å². The van der Waals surface area contributed by atoms with E-state index < -0.39 is 4.92 Å². The normalized spacial score (nSPS) is 10.2. The molecule has 0 saturated heterocycles. The van der Waals surface area contributed by atoms with Crippen LogP contribution in [-0.4, -0.2) is 27.1 Å². The van der Waals surface area contributed by atoms with Crippen LogP contribution in [0, 0.1) is 17.0 Å². The minimum atomic E-state index is -0.465. The molecule has 2 aromatic rings. The zero-order chi connectivity index (χ0) is 15.9. The number of nitrogens with one attached hydrogen (secondary N) is 2. The van der Waals surface area contributed by atoms with Crippen LogP contribution in [0.5, 0.6) is 0 Å². The molecule has 8 heteroatoms. The summed E-state index contributed by atoms with van der Waals surface area (Å²) in [5.74, 6) is 0. The van der Waals surface area contributed by atoms with Gasteiger partial charge in [0.1, 0.15) is 0 Å². The summed E-state index contributed by atoms with van der Waals surface area (Å²) in [6.07, 6.45) is 6.07. The highest BCUT2D eigenvalue weighted by Crippen LogP contribution is 2.20. The van der Waals surface area contributed by atoms with Crippen molar-refractivity contribution >= 4 is 17.4 Å². The molecule has 1 aromatic heterocycles. The van der Waals surface area contributed by atoms with Crippen LogP contribution in [-0.2, 0) is 6.54 Å². The van der Waals surface area contributed by atoms with Gasteiger partial charge in [-0.15, -0.1) is 0 Å². The molecule has 1 aromatic carbocycles. The average Bonchev–Trinajstić information content (AvgIpc) is 2.99. The van der Waals surface area contributed by atoms with Crippen molar-refractivity contribution in [2.24, 2.45) is 0 Å². The van der Waals surface area contributed by atoms with Gasteiger partial charge in [-0.25, -0.2) is 9.78 Å². The van der Waals surface area contributed by atoms with Gasteiger partial charge in [-0.1, -0.05) is 0 Å². The number of rotatable bonds is 6. The van der Waals surface area contributed by atoms with Crippen molar-refractivity contribution in [3.8, 4) is 0 Å². The summed E-state index contributed by atoms with van der Waals surface area (Å²) < 4.78 is 1.93. The number of imidazole rings is 1. The number of non-ortho nitro benzene ring substituents is 1. The quantitative estimate of drug-likeness (QED) is 0.485. The number of amides is 2. The van der Waals surface area contributed by atoms with E-state index in [-0.39, 0.29) is 11.7 Å². The number of anilines is 1. The van der Waals surface area contributed by atoms with Crippen molar-refractivity contribution in [3.05, 3.63) is 52.6 Å². The second-order valence-corrected chi connectivity index (χ2v) is 4.79. The van der Waals surface area contributed by atoms with Gasteiger partial charge in [0.2, 0.25) is 0 Å². The number of nitrogens with zero attached hydrogens (tertiary/aromatic N) is 3. The van der Waals surface area contributed by atoms with Crippen LogP contribution in [0.25, 0.3) is 0 Å². The Balaban J connectivity index is 1.78. The van der Waals surface area contributed by atoms with Gasteiger partial charge in [-0.05, 0) is 25.0 Å². The Morgan fingerprint density at radius 3 is 2.91 bits per heavy atom. The molecule has 0 aliphatic carbocycles. The van der Waals surface area contributed by atoms with Crippen molar-refractivity contribution in [2.75, 3.05) is 11.9 Å². The minimum Gasteiger partial charge on any atom is -0.338 e. The van der Waals surface area contributed by atoms with Gasteiger partial charge in [-0.2, -0.15) is 0 Å². The molecular weight excluding hydrogens is 286 g/mol. The van der Waals surface area contributed by atoms with E-state index in [1.807, 2.05) is 10.8 Å². The van der Waals surface area contributed by atoms with E-state index in [1.165, 1.54) is 18.2 Å². The molecule has 116 valence electrons. The van der Waals surface area contributed by atoms with E-state index in [4.69, 9.17) is 0 Å². The number of hydrogen-bond donors (Lipinski definition) is 2. The molecule has 0 aliphatic heterocycles. The van der Waals surface area contributed by atoms with Crippen molar-refractivity contribution in [3.63, 3.8) is 0 Å². The SMILES string of the molecule is Cc1cc([N+](=O)[O-])ccc1NC(=O)NCCCn1ccnc1. The number of urea groups is 1. The predicted octanol–water partition coefficient (Wildman–Crippen LogP) is 2.31. The third-order valence-corrected chi connectivity index (χ3v) is 3.11. The van der Waals surface area contributed by atoms with Gasteiger partial charge in [0, 0.05) is 43.3 Å². The molecule has 0 atom stereocenters. The third kappa shape index (κ3) is 4.30. The first-order valence-corrected chi connectivity index (χ1v) is 6.82. The molecule has 0 unspecified atom stereocenters. The molecule has 1 heterocycles. The van der Waals surface area contributed by atoms with E-state index in [0.29, 0.717) is 17.8 Å². The first-order chi connectivity index (χ1) is 10.6. The molecule has 22 heavy (non-hydrogen) atoms. The maximum absolute atomic E-state index is 11.8. The molecule has 0 saturated carbocycles. The van der Waals surface area contributed by atoms with Gasteiger partial charge in [0.25, 0.3) is 5.69 Å². The number of benzene rings is 1. The largest absolute Gasteiger partial charge is 0.338 e. The Morgan fingerprint density at radius 2 is 2.27 bits per heavy atom. The lowest BCUT2D eigenvalue weighted by Crippen LogP contribution is -2.30. The van der Waals surface area contributed by atoms with Gasteiger partial charge in [0.15, 0.2) is 0 Å². The number of hydrogen-bond acceptors (Lipinski definition) is 4. The predicted molar refractivity (Wildman–Crippen MR) is 81.7 cm³/mol. The smallest absolute Gasteiger partial charge is 0.319 e. The summed E-state index contributed by atoms with van der Waals surface area (Å²) in [6, 6.07) is 3.98. The highest BCUT2D eigenvalue weighted by atomic mass is 16.6. The first kappa shape index (κ1) is 15.5. The van der Waals surface area contributed by atoms with Crippen molar-refractivity contribution < 1.29 is 9.72 Å². The second kappa shape index (κ2) is 7.21. The summed E-state index contributed by atoms with van der Waals surface area (Å²) in [5, 5.41) is 16.1. The zero-order valence-corrected chi connectivity index (χ0v) is 12.2. The number of aromatic nitrogens is 2. The fourth-order valence-electron chi connectivity index (χ4n) is 1.95. The lowest BCUT2D eigenvalue weighted by molar-refractivity contribution is -0.384. The average molecular weight is 303 g/mol. The Hall–Kier alpha value is -2.90. The van der Waals surface area contributed by atoms with Crippen LogP contribution in [0.4, 0.5) is 16.2 Å². The molecule has 8 nitrogen and oxygen atoms in total. The van der Waals surface area contributed by atoms with Gasteiger partial charge in [-0.3, -0.25) is 10.1 Å². The van der Waals surface area contributed by atoms with E-state index >= 15 is 0 Å². The fraction of sp³-hybridized carbons (Fsp3) is 0.286. The van der Waals surface area contributed by atoms with Crippen LogP contribution >= 0.6 is 0 Å². The summed E-state index contributed by atoms with van der Waals surface area (Å²) in [6.45, 7) is 3.01. The highest BCUT2D eigenvalue weighted by molar-refractivity contribution is 5.90. The molecule has 0 bridgehead atoms. The minimum absolute atomic E-state index is 0.00351. The number of nitro groups is 1. The fourth-order valence-corrected chi connectivity index (χ4v) is 1.95. The Morgan fingerprint density at radius 1 is 1.45 bits per heavy atom. The van der Waals surface area contributed by atoms with Crippen LogP contribution in [0.3, 0.4) is 0 Å². The van der Waals surface area contributed by atoms with Crippen LogP contribution in [0.2, 0.25) is 0 Å². The summed E-state index contributed by atoms with van der Waals surface area (Å²) in [4.78, 5) is 25.9. The second-order valence-electron chi connectivity index (χ2n) is 4.79. The molecule has 0 fully saturated rings. The Bertz CT molecular complexity index is 655. The molecule has 2 rings (SSSR count). The number of aryl methyl sites for hydroxylation is 2. The molecule has 2 N–H and O–H groups in total. The molecular formula is C14H17N5O3. The van der Waals surface area contributed by atoms with Crippen molar-refractivity contribution in [1.29, 1.82) is 0 Å². The monoisotopic (exact) mass is 303 g/mol. The van der Waals surface area contributed by atoms with Gasteiger partial charge in [0.05, 0.1) is 11.3 Å². The van der Waals surface area contributed by atoms with Crippen molar-refractivity contribution in [1.82, 2.24) is 14.9 Å². The number of nitro benzene ring substituents is 1. The first-order valence-electron chi connectivity index (χ1n) is 6.82. The highest BCUT2D eigenvalue weighted by Gasteiger charge is 2.09. The zero-order valence-electron chi connectivity index (χ0n) is 12.2. The maximum Gasteiger partial charge on any atom is 0.319 e. The maximum atomic E-state index is 11.8. The van der Waals surface area contributed by atoms with Crippen LogP contribution in [0.1, 0.15) is 12.0 Å². The summed E-state index contributed by atoms with van der Waals surface area (Å²) in [7, 11) is 0. The van der Waals surface area contributed by atoms with Gasteiger partial charge >= 0.3 is 6.03 Å². The van der Waals surface area contributed by atoms with Gasteiger partial charge < -0.3 is 15.2 Å². The van der Waals surface area contributed by atoms with E-state index in [1.54, 1.807) is 19.4 Å². The van der Waals surface area contributed by atoms with Crippen LogP contribution in [0.15, 0.2) is 36.9 Å². The molecule has 0 aliphatic rings. The summed E-state index contributed by atoms with van der Waals surface area (Å²) in [5.41, 5.74) is 1.20. The Kier molecular flexibility index (Phi) is 5.07. The topological polar surface area (TPSA) is 102 Å². The summed E-state index contributed by atoms with van der Waals surface area (Å²) >= 11 is 0. The molecule has 0 spiro atoms. The lowest BCUT2D eigenvalue weighted by Gasteiger charge is -2.10. The standard InChI is InChI=1S/C14H17N5O3/c1-11-9-12(19(21)22)3-4-13(11)17-14(20)16-5-2-7-18-8-6-15-10-18/h3-4,6,8-10H,2,5,7H2,1H3,(H2,16,17,20). The van der Waals surface area contributed by atoms with E-state index in [2.05, 4.69) is 15.6 Å².